The summed E-state index contributed by atoms with van der Waals surface area (Å²) in [6, 6.07) is 0. The second kappa shape index (κ2) is 2.27. The standard InChI is InChI=1S/C6H13N2/c1-8-4-2-3-6(8)5-7/h2-5,7H2,1H3/q+1. The highest BCUT2D eigenvalue weighted by Crippen LogP contribution is 1.99. The van der Waals surface area contributed by atoms with Crippen LogP contribution in [0.3, 0.4) is 0 Å². The minimum atomic E-state index is 0.747. The van der Waals surface area contributed by atoms with Gasteiger partial charge in [-0.15, -0.1) is 0 Å². The molecule has 0 spiro atoms. The van der Waals surface area contributed by atoms with Crippen molar-refractivity contribution in [3.05, 3.63) is 0 Å². The molecule has 0 aromatic heterocycles. The van der Waals surface area contributed by atoms with E-state index >= 15 is 0 Å². The maximum atomic E-state index is 5.45. The lowest BCUT2D eigenvalue weighted by Crippen LogP contribution is -2.19. The number of nitrogens with two attached hydrogens (primary N) is 1. The third-order valence-corrected chi connectivity index (χ3v) is 1.73. The fourth-order valence-corrected chi connectivity index (χ4v) is 1.13. The Hall–Kier alpha value is -0.370. The molecule has 0 saturated heterocycles. The fourth-order valence-electron chi connectivity index (χ4n) is 1.13. The van der Waals surface area contributed by atoms with E-state index in [4.69, 9.17) is 5.73 Å². The lowest BCUT2D eigenvalue weighted by atomic mass is 10.2. The zero-order valence-corrected chi connectivity index (χ0v) is 5.35. The molecule has 0 aliphatic carbocycles. The molecule has 0 saturated carbocycles. The van der Waals surface area contributed by atoms with Crippen molar-refractivity contribution in [2.75, 3.05) is 20.1 Å². The van der Waals surface area contributed by atoms with Gasteiger partial charge in [0.05, 0.1) is 6.54 Å². The summed E-state index contributed by atoms with van der Waals surface area (Å²) in [4.78, 5) is 0. The summed E-state index contributed by atoms with van der Waals surface area (Å²) >= 11 is 0. The SMILES string of the molecule is C[N+]1=C(CN)CCC1. The predicted octanol–water partition coefficient (Wildman–Crippen LogP) is -0.178. The average Bonchev–Trinajstić information content (AvgIpc) is 2.14. The molecular weight excluding hydrogens is 100 g/mol. The molecule has 0 aromatic carbocycles. The van der Waals surface area contributed by atoms with Crippen LogP contribution in [0, 0.1) is 0 Å². The Morgan fingerprint density at radius 2 is 2.50 bits per heavy atom. The van der Waals surface area contributed by atoms with E-state index in [9.17, 15) is 0 Å². The Labute approximate surface area is 50.0 Å². The Morgan fingerprint density at radius 3 is 2.75 bits per heavy atom. The largest absolute Gasteiger partial charge is 0.322 e. The smallest absolute Gasteiger partial charge is 0.166 e. The molecule has 0 aromatic rings. The minimum absolute atomic E-state index is 0.747. The van der Waals surface area contributed by atoms with Crippen molar-refractivity contribution in [2.24, 2.45) is 5.73 Å². The van der Waals surface area contributed by atoms with E-state index in [1.54, 1.807) is 0 Å². The van der Waals surface area contributed by atoms with Crippen LogP contribution in [0.15, 0.2) is 0 Å². The van der Waals surface area contributed by atoms with Crippen molar-refractivity contribution in [3.63, 3.8) is 0 Å². The molecule has 2 N–H and O–H groups in total. The van der Waals surface area contributed by atoms with E-state index in [2.05, 4.69) is 11.6 Å². The number of hydrogen-bond donors (Lipinski definition) is 1. The van der Waals surface area contributed by atoms with E-state index in [1.165, 1.54) is 25.1 Å². The van der Waals surface area contributed by atoms with Gasteiger partial charge in [-0.1, -0.05) is 0 Å². The van der Waals surface area contributed by atoms with Crippen LogP contribution in [0.2, 0.25) is 0 Å². The summed E-state index contributed by atoms with van der Waals surface area (Å²) in [5, 5.41) is 0. The third kappa shape index (κ3) is 0.892. The van der Waals surface area contributed by atoms with Crippen LogP contribution in [0.25, 0.3) is 0 Å². The van der Waals surface area contributed by atoms with Gasteiger partial charge in [-0.05, 0) is 0 Å². The first kappa shape index (κ1) is 5.76. The molecule has 0 fully saturated rings. The summed E-state index contributed by atoms with van der Waals surface area (Å²) in [5.41, 5.74) is 6.85. The molecule has 46 valence electrons. The maximum Gasteiger partial charge on any atom is 0.166 e. The van der Waals surface area contributed by atoms with E-state index < -0.39 is 0 Å². The first-order valence-electron chi connectivity index (χ1n) is 3.10. The molecule has 8 heavy (non-hydrogen) atoms. The molecule has 0 radical (unpaired) electrons. The molecule has 1 heterocycles. The Morgan fingerprint density at radius 1 is 1.75 bits per heavy atom. The van der Waals surface area contributed by atoms with Crippen LogP contribution in [-0.2, 0) is 0 Å². The molecule has 1 aliphatic rings. The molecular formula is C6H13N2+. The summed E-state index contributed by atoms with van der Waals surface area (Å²) < 4.78 is 2.25. The van der Waals surface area contributed by atoms with Gasteiger partial charge in [0.1, 0.15) is 13.6 Å². The second-order valence-corrected chi connectivity index (χ2v) is 2.30. The van der Waals surface area contributed by atoms with Gasteiger partial charge >= 0.3 is 0 Å². The zero-order valence-electron chi connectivity index (χ0n) is 5.35. The molecule has 1 aliphatic heterocycles. The van der Waals surface area contributed by atoms with Gasteiger partial charge in [-0.3, -0.25) is 0 Å². The lowest BCUT2D eigenvalue weighted by molar-refractivity contribution is -0.489. The van der Waals surface area contributed by atoms with Gasteiger partial charge in [0.2, 0.25) is 0 Å². The van der Waals surface area contributed by atoms with Crippen molar-refractivity contribution in [2.45, 2.75) is 12.8 Å². The topological polar surface area (TPSA) is 29.0 Å². The first-order chi connectivity index (χ1) is 3.84. The van der Waals surface area contributed by atoms with Crippen molar-refractivity contribution in [1.29, 1.82) is 0 Å². The summed E-state index contributed by atoms with van der Waals surface area (Å²) in [6.45, 7) is 1.95. The van der Waals surface area contributed by atoms with Crippen LogP contribution in [0.1, 0.15) is 12.8 Å². The van der Waals surface area contributed by atoms with Crippen LogP contribution in [0.4, 0.5) is 0 Å². The Balaban J connectivity index is 2.58. The summed E-state index contributed by atoms with van der Waals surface area (Å²) in [6.07, 6.45) is 2.51. The minimum Gasteiger partial charge on any atom is -0.322 e. The molecule has 2 nitrogen and oxygen atoms in total. The highest BCUT2D eigenvalue weighted by Gasteiger charge is 2.15. The van der Waals surface area contributed by atoms with Crippen molar-refractivity contribution < 1.29 is 4.58 Å². The Kier molecular flexibility index (Phi) is 1.63. The van der Waals surface area contributed by atoms with E-state index in [1.807, 2.05) is 0 Å². The highest BCUT2D eigenvalue weighted by atomic mass is 15.0. The van der Waals surface area contributed by atoms with Gasteiger partial charge < -0.3 is 5.73 Å². The monoisotopic (exact) mass is 113 g/mol. The normalized spacial score (nSPS) is 20.2. The number of nitrogens with zero attached hydrogens (tertiary/aromatic N) is 1. The van der Waals surface area contributed by atoms with E-state index in [0.717, 1.165) is 6.54 Å². The van der Waals surface area contributed by atoms with Crippen LogP contribution >= 0.6 is 0 Å². The zero-order chi connectivity index (χ0) is 5.98. The first-order valence-corrected chi connectivity index (χ1v) is 3.10. The van der Waals surface area contributed by atoms with Crippen molar-refractivity contribution in [1.82, 2.24) is 0 Å². The van der Waals surface area contributed by atoms with Crippen LogP contribution in [-0.4, -0.2) is 30.4 Å². The van der Waals surface area contributed by atoms with Gasteiger partial charge in [0.15, 0.2) is 5.71 Å². The summed E-state index contributed by atoms with van der Waals surface area (Å²) in [7, 11) is 2.11. The van der Waals surface area contributed by atoms with Gasteiger partial charge in [-0.2, -0.15) is 0 Å². The second-order valence-electron chi connectivity index (χ2n) is 2.30. The van der Waals surface area contributed by atoms with Crippen molar-refractivity contribution >= 4 is 5.71 Å². The summed E-state index contributed by atoms with van der Waals surface area (Å²) in [5.74, 6) is 0. The lowest BCUT2D eigenvalue weighted by Gasteiger charge is -1.88. The molecule has 0 atom stereocenters. The third-order valence-electron chi connectivity index (χ3n) is 1.73. The predicted molar refractivity (Wildman–Crippen MR) is 34.3 cm³/mol. The van der Waals surface area contributed by atoms with Crippen LogP contribution < -0.4 is 5.73 Å². The van der Waals surface area contributed by atoms with Gasteiger partial charge in [0.25, 0.3) is 0 Å². The average molecular weight is 113 g/mol. The number of rotatable bonds is 1. The molecule has 1 rings (SSSR count). The fraction of sp³-hybridized carbons (Fsp3) is 0.833. The van der Waals surface area contributed by atoms with E-state index in [0.29, 0.717) is 0 Å². The maximum absolute atomic E-state index is 5.45. The van der Waals surface area contributed by atoms with Gasteiger partial charge in [0, 0.05) is 12.8 Å². The highest BCUT2D eigenvalue weighted by molar-refractivity contribution is 5.82. The number of hydrogen-bond acceptors (Lipinski definition) is 1. The van der Waals surface area contributed by atoms with E-state index in [-0.39, 0.29) is 0 Å². The Bertz CT molecular complexity index is 116. The quantitative estimate of drug-likeness (QED) is 0.470. The molecule has 2 heteroatoms. The van der Waals surface area contributed by atoms with Gasteiger partial charge in [-0.25, -0.2) is 4.58 Å². The molecule has 0 unspecified atom stereocenters. The van der Waals surface area contributed by atoms with Crippen LogP contribution in [0.5, 0.6) is 0 Å². The molecule has 0 bridgehead atoms. The molecule has 0 amide bonds. The van der Waals surface area contributed by atoms with Crippen molar-refractivity contribution in [3.8, 4) is 0 Å².